The Morgan fingerprint density at radius 3 is 2.94 bits per heavy atom. The van der Waals surface area contributed by atoms with E-state index in [1.807, 2.05) is 25.2 Å². The number of hydrogen-bond donors (Lipinski definition) is 1. The Balaban J connectivity index is 1.95. The number of nitrogens with one attached hydrogen (secondary N) is 1. The van der Waals surface area contributed by atoms with E-state index in [9.17, 15) is 0 Å². The fraction of sp³-hybridized carbons (Fsp3) is 0.500. The molecule has 1 heterocycles. The third-order valence-corrected chi connectivity index (χ3v) is 2.70. The van der Waals surface area contributed by atoms with Gasteiger partial charge in [-0.25, -0.2) is 0 Å². The van der Waals surface area contributed by atoms with Gasteiger partial charge in [0, 0.05) is 12.1 Å². The van der Waals surface area contributed by atoms with Crippen LogP contribution in [0.5, 0.6) is 17.2 Å². The summed E-state index contributed by atoms with van der Waals surface area (Å²) >= 11 is 0. The van der Waals surface area contributed by atoms with E-state index in [-0.39, 0.29) is 0 Å². The molecule has 4 nitrogen and oxygen atoms in total. The van der Waals surface area contributed by atoms with E-state index < -0.39 is 0 Å². The number of hydrogen-bond acceptors (Lipinski definition) is 4. The van der Waals surface area contributed by atoms with Gasteiger partial charge in [0.2, 0.25) is 6.79 Å². The summed E-state index contributed by atoms with van der Waals surface area (Å²) in [5, 5.41) is 3.19. The zero-order valence-corrected chi connectivity index (χ0v) is 9.66. The molecule has 0 fully saturated rings. The van der Waals surface area contributed by atoms with Gasteiger partial charge in [0.05, 0.1) is 0 Å². The molecular formula is C12H17NO3. The molecule has 0 bridgehead atoms. The van der Waals surface area contributed by atoms with E-state index in [2.05, 4.69) is 12.2 Å². The number of likely N-dealkylation sites (N-methyl/N-ethyl adjacent to an activating group) is 1. The molecule has 0 saturated heterocycles. The second kappa shape index (κ2) is 5.07. The highest BCUT2D eigenvalue weighted by molar-refractivity contribution is 5.46. The predicted molar refractivity (Wildman–Crippen MR) is 61.2 cm³/mol. The van der Waals surface area contributed by atoms with Crippen molar-refractivity contribution in [3.8, 4) is 17.2 Å². The molecule has 88 valence electrons. The molecule has 0 aromatic heterocycles. The molecule has 1 aromatic carbocycles. The lowest BCUT2D eigenvalue weighted by Crippen LogP contribution is -2.30. The zero-order chi connectivity index (χ0) is 11.4. The molecule has 1 aromatic rings. The van der Waals surface area contributed by atoms with Gasteiger partial charge in [-0.1, -0.05) is 6.92 Å². The summed E-state index contributed by atoms with van der Waals surface area (Å²) in [4.78, 5) is 0. The van der Waals surface area contributed by atoms with Gasteiger partial charge < -0.3 is 19.5 Å². The minimum absolute atomic E-state index is 0.298. The number of fused-ring (bicyclic) bond motifs is 1. The van der Waals surface area contributed by atoms with Crippen LogP contribution in [0.2, 0.25) is 0 Å². The molecule has 1 aliphatic rings. The first-order valence-corrected chi connectivity index (χ1v) is 5.53. The predicted octanol–water partition coefficient (Wildman–Crippen LogP) is 1.79. The molecule has 1 aliphatic heterocycles. The van der Waals surface area contributed by atoms with Crippen molar-refractivity contribution in [2.24, 2.45) is 0 Å². The zero-order valence-electron chi connectivity index (χ0n) is 9.66. The van der Waals surface area contributed by atoms with Crippen LogP contribution in [0, 0.1) is 0 Å². The van der Waals surface area contributed by atoms with Gasteiger partial charge >= 0.3 is 0 Å². The van der Waals surface area contributed by atoms with E-state index in [4.69, 9.17) is 14.2 Å². The van der Waals surface area contributed by atoms with Crippen LogP contribution in [-0.2, 0) is 0 Å². The largest absolute Gasteiger partial charge is 0.492 e. The first-order chi connectivity index (χ1) is 7.83. The van der Waals surface area contributed by atoms with Crippen LogP contribution in [0.3, 0.4) is 0 Å². The van der Waals surface area contributed by atoms with Crippen molar-refractivity contribution in [2.45, 2.75) is 19.4 Å². The third kappa shape index (κ3) is 2.39. The molecule has 1 N–H and O–H groups in total. The Kier molecular flexibility index (Phi) is 3.51. The maximum absolute atomic E-state index is 5.68. The Hall–Kier alpha value is -1.42. The second-order valence-corrected chi connectivity index (χ2v) is 3.72. The molecular weight excluding hydrogens is 206 g/mol. The molecule has 2 rings (SSSR count). The van der Waals surface area contributed by atoms with Crippen molar-refractivity contribution >= 4 is 0 Å². The Morgan fingerprint density at radius 1 is 1.38 bits per heavy atom. The van der Waals surface area contributed by atoms with Crippen LogP contribution in [0.15, 0.2) is 18.2 Å². The highest BCUT2D eigenvalue weighted by atomic mass is 16.7. The van der Waals surface area contributed by atoms with Crippen molar-refractivity contribution in [1.29, 1.82) is 0 Å². The normalized spacial score (nSPS) is 14.9. The van der Waals surface area contributed by atoms with Gasteiger partial charge in [-0.3, -0.25) is 0 Å². The summed E-state index contributed by atoms with van der Waals surface area (Å²) in [5.41, 5.74) is 0. The molecule has 0 amide bonds. The van der Waals surface area contributed by atoms with Crippen LogP contribution >= 0.6 is 0 Å². The Morgan fingerprint density at radius 2 is 2.19 bits per heavy atom. The molecule has 0 aliphatic carbocycles. The lowest BCUT2D eigenvalue weighted by atomic mass is 10.2. The third-order valence-electron chi connectivity index (χ3n) is 2.70. The maximum Gasteiger partial charge on any atom is 0.231 e. The van der Waals surface area contributed by atoms with Crippen molar-refractivity contribution in [3.05, 3.63) is 18.2 Å². The van der Waals surface area contributed by atoms with Crippen molar-refractivity contribution in [1.82, 2.24) is 5.32 Å². The van der Waals surface area contributed by atoms with E-state index >= 15 is 0 Å². The van der Waals surface area contributed by atoms with Gasteiger partial charge in [-0.2, -0.15) is 0 Å². The molecule has 4 heteroatoms. The van der Waals surface area contributed by atoms with E-state index in [1.165, 1.54) is 0 Å². The molecule has 0 radical (unpaired) electrons. The van der Waals surface area contributed by atoms with Crippen LogP contribution in [0.4, 0.5) is 0 Å². The maximum atomic E-state index is 5.68. The topological polar surface area (TPSA) is 39.7 Å². The quantitative estimate of drug-likeness (QED) is 0.826. The molecule has 16 heavy (non-hydrogen) atoms. The second-order valence-electron chi connectivity index (χ2n) is 3.72. The average Bonchev–Trinajstić information content (AvgIpc) is 2.77. The SMILES string of the molecule is CCC(COc1ccc2c(c1)OCO2)NC. The lowest BCUT2D eigenvalue weighted by molar-refractivity contribution is 0.173. The lowest BCUT2D eigenvalue weighted by Gasteiger charge is -2.14. The Bertz CT molecular complexity index is 350. The molecule has 1 unspecified atom stereocenters. The first-order valence-electron chi connectivity index (χ1n) is 5.53. The monoisotopic (exact) mass is 223 g/mol. The number of rotatable bonds is 5. The van der Waals surface area contributed by atoms with Crippen LogP contribution < -0.4 is 19.5 Å². The minimum Gasteiger partial charge on any atom is -0.492 e. The molecule has 0 saturated carbocycles. The van der Waals surface area contributed by atoms with E-state index in [0.717, 1.165) is 23.7 Å². The van der Waals surface area contributed by atoms with E-state index in [0.29, 0.717) is 19.4 Å². The highest BCUT2D eigenvalue weighted by Gasteiger charge is 2.14. The smallest absolute Gasteiger partial charge is 0.231 e. The first kappa shape index (κ1) is 11.1. The standard InChI is InChI=1S/C12H17NO3/c1-3-9(13-2)7-14-10-4-5-11-12(6-10)16-8-15-11/h4-6,9,13H,3,7-8H2,1-2H3. The van der Waals surface area contributed by atoms with Gasteiger partial charge in [-0.15, -0.1) is 0 Å². The minimum atomic E-state index is 0.298. The summed E-state index contributed by atoms with van der Waals surface area (Å²) in [5.74, 6) is 2.36. The van der Waals surface area contributed by atoms with Gasteiger partial charge in [0.1, 0.15) is 12.4 Å². The summed E-state index contributed by atoms with van der Waals surface area (Å²) in [6.45, 7) is 3.09. The molecule has 1 atom stereocenters. The van der Waals surface area contributed by atoms with Gasteiger partial charge in [0.25, 0.3) is 0 Å². The number of ether oxygens (including phenoxy) is 3. The van der Waals surface area contributed by atoms with Gasteiger partial charge in [0.15, 0.2) is 11.5 Å². The van der Waals surface area contributed by atoms with Crippen molar-refractivity contribution in [2.75, 3.05) is 20.4 Å². The summed E-state index contributed by atoms with van der Waals surface area (Å²) < 4.78 is 16.2. The molecule has 0 spiro atoms. The van der Waals surface area contributed by atoms with Crippen LogP contribution in [0.1, 0.15) is 13.3 Å². The summed E-state index contributed by atoms with van der Waals surface area (Å²) in [6, 6.07) is 6.02. The van der Waals surface area contributed by atoms with E-state index in [1.54, 1.807) is 0 Å². The summed E-state index contributed by atoms with van der Waals surface area (Å²) in [7, 11) is 1.94. The summed E-state index contributed by atoms with van der Waals surface area (Å²) in [6.07, 6.45) is 1.04. The van der Waals surface area contributed by atoms with Crippen LogP contribution in [0.25, 0.3) is 0 Å². The van der Waals surface area contributed by atoms with Gasteiger partial charge in [-0.05, 0) is 25.6 Å². The fourth-order valence-electron chi connectivity index (χ4n) is 1.57. The highest BCUT2D eigenvalue weighted by Crippen LogP contribution is 2.35. The average molecular weight is 223 g/mol. The Labute approximate surface area is 95.5 Å². The van der Waals surface area contributed by atoms with Crippen molar-refractivity contribution < 1.29 is 14.2 Å². The van der Waals surface area contributed by atoms with Crippen molar-refractivity contribution in [3.63, 3.8) is 0 Å². The number of benzene rings is 1. The fourth-order valence-corrected chi connectivity index (χ4v) is 1.57. The van der Waals surface area contributed by atoms with Crippen LogP contribution in [-0.4, -0.2) is 26.5 Å².